The Labute approximate surface area is 146 Å². The first-order valence-electron chi connectivity index (χ1n) is 8.18. The van der Waals surface area contributed by atoms with E-state index in [9.17, 15) is 9.90 Å². The van der Waals surface area contributed by atoms with Gasteiger partial charge in [0.1, 0.15) is 5.82 Å². The van der Waals surface area contributed by atoms with Crippen LogP contribution < -0.4 is 11.1 Å². The topological polar surface area (TPSA) is 143 Å². The molecule has 0 unspecified atom stereocenters. The Morgan fingerprint density at radius 3 is 2.64 bits per heavy atom. The van der Waals surface area contributed by atoms with Crippen LogP contribution in [0.2, 0.25) is 0 Å². The Balaban J connectivity index is 2.26. The third-order valence-corrected chi connectivity index (χ3v) is 4.05. The summed E-state index contributed by atoms with van der Waals surface area (Å²) >= 11 is 0. The molecule has 0 aliphatic rings. The van der Waals surface area contributed by atoms with Gasteiger partial charge in [-0.2, -0.15) is 0 Å². The number of nitrogens with one attached hydrogen (secondary N) is 2. The van der Waals surface area contributed by atoms with Gasteiger partial charge in [0.25, 0.3) is 0 Å². The number of aliphatic carboxylic acids is 1. The molecule has 0 fully saturated rings. The molecule has 2 aromatic heterocycles. The molecule has 25 heavy (non-hydrogen) atoms. The summed E-state index contributed by atoms with van der Waals surface area (Å²) in [6, 6.07) is 3.78. The lowest BCUT2D eigenvalue weighted by Gasteiger charge is -2.32. The standard InChI is InChI=1S/C16H25N7O2/c1-16(2,3)13(15(24)25)11(14-20-22-23-21-14)8-10-4-5-12(19-9-10)18-7-6-17/h4-5,9,11,13H,6-8,17H2,1-3H3,(H,18,19)(H,24,25)(H,20,21,22,23)/t11-,13-/m0/s1. The molecule has 136 valence electrons. The summed E-state index contributed by atoms with van der Waals surface area (Å²) in [6.07, 6.45) is 2.20. The lowest BCUT2D eigenvalue weighted by atomic mass is 9.71. The number of carboxylic acids is 1. The summed E-state index contributed by atoms with van der Waals surface area (Å²) in [5, 5.41) is 26.8. The number of nitrogens with two attached hydrogens (primary N) is 1. The predicted molar refractivity (Wildman–Crippen MR) is 93.0 cm³/mol. The molecule has 0 aromatic carbocycles. The molecule has 2 atom stereocenters. The van der Waals surface area contributed by atoms with Gasteiger partial charge in [-0.05, 0) is 33.9 Å². The van der Waals surface area contributed by atoms with Crippen molar-refractivity contribution in [3.63, 3.8) is 0 Å². The van der Waals surface area contributed by atoms with Gasteiger partial charge in [0.05, 0.1) is 5.92 Å². The smallest absolute Gasteiger partial charge is 0.307 e. The summed E-state index contributed by atoms with van der Waals surface area (Å²) < 4.78 is 0. The maximum atomic E-state index is 11.9. The van der Waals surface area contributed by atoms with E-state index in [0.29, 0.717) is 25.3 Å². The van der Waals surface area contributed by atoms with E-state index in [4.69, 9.17) is 5.73 Å². The monoisotopic (exact) mass is 347 g/mol. The minimum Gasteiger partial charge on any atom is -0.481 e. The molecule has 0 amide bonds. The summed E-state index contributed by atoms with van der Waals surface area (Å²) in [4.78, 5) is 16.3. The second-order valence-electron chi connectivity index (χ2n) is 7.05. The van der Waals surface area contributed by atoms with Crippen molar-refractivity contribution in [3.8, 4) is 0 Å². The van der Waals surface area contributed by atoms with Gasteiger partial charge in [-0.1, -0.05) is 26.8 Å². The Kier molecular flexibility index (Phi) is 6.02. The van der Waals surface area contributed by atoms with Crippen molar-refractivity contribution in [1.29, 1.82) is 0 Å². The van der Waals surface area contributed by atoms with E-state index in [0.717, 1.165) is 11.4 Å². The van der Waals surface area contributed by atoms with E-state index >= 15 is 0 Å². The third kappa shape index (κ3) is 4.96. The number of hydrogen-bond donors (Lipinski definition) is 4. The van der Waals surface area contributed by atoms with E-state index in [1.54, 1.807) is 6.20 Å². The molecule has 2 heterocycles. The largest absolute Gasteiger partial charge is 0.481 e. The SMILES string of the molecule is CC(C)(C)[C@H](C(=O)O)[C@H](Cc1ccc(NCCN)nc1)c1nnn[nH]1. The van der Waals surface area contributed by atoms with Crippen LogP contribution in [0, 0.1) is 11.3 Å². The van der Waals surface area contributed by atoms with Gasteiger partial charge in [-0.15, -0.1) is 5.10 Å². The van der Waals surface area contributed by atoms with Crippen molar-refractivity contribution >= 4 is 11.8 Å². The second kappa shape index (κ2) is 8.02. The van der Waals surface area contributed by atoms with Crippen molar-refractivity contribution in [2.24, 2.45) is 17.1 Å². The van der Waals surface area contributed by atoms with Crippen LogP contribution in [0.25, 0.3) is 0 Å². The van der Waals surface area contributed by atoms with Crippen LogP contribution in [-0.4, -0.2) is 49.8 Å². The number of H-pyrrole nitrogens is 1. The zero-order valence-electron chi connectivity index (χ0n) is 14.7. The van der Waals surface area contributed by atoms with Crippen LogP contribution in [0.4, 0.5) is 5.82 Å². The van der Waals surface area contributed by atoms with E-state index < -0.39 is 23.2 Å². The van der Waals surface area contributed by atoms with Gasteiger partial charge in [0.15, 0.2) is 5.82 Å². The minimum absolute atomic E-state index is 0.392. The van der Waals surface area contributed by atoms with Crippen LogP contribution in [0.3, 0.4) is 0 Å². The lowest BCUT2D eigenvalue weighted by Crippen LogP contribution is -2.35. The fourth-order valence-electron chi connectivity index (χ4n) is 2.95. The lowest BCUT2D eigenvalue weighted by molar-refractivity contribution is -0.146. The molecular formula is C16H25N7O2. The number of carboxylic acid groups (broad SMARTS) is 1. The molecule has 9 heteroatoms. The highest BCUT2D eigenvalue weighted by Gasteiger charge is 2.40. The summed E-state index contributed by atoms with van der Waals surface area (Å²) in [5.41, 5.74) is 5.91. The third-order valence-electron chi connectivity index (χ3n) is 4.05. The van der Waals surface area contributed by atoms with Crippen molar-refractivity contribution in [2.75, 3.05) is 18.4 Å². The molecule has 0 spiro atoms. The number of aromatic amines is 1. The van der Waals surface area contributed by atoms with Crippen molar-refractivity contribution in [2.45, 2.75) is 33.1 Å². The number of carbonyl (C=O) groups is 1. The fourth-order valence-corrected chi connectivity index (χ4v) is 2.95. The van der Waals surface area contributed by atoms with Crippen molar-refractivity contribution in [1.82, 2.24) is 25.6 Å². The number of rotatable bonds is 8. The summed E-state index contributed by atoms with van der Waals surface area (Å²) in [7, 11) is 0. The van der Waals surface area contributed by atoms with Gasteiger partial charge >= 0.3 is 5.97 Å². The van der Waals surface area contributed by atoms with E-state index in [1.165, 1.54) is 0 Å². The molecule has 0 radical (unpaired) electrons. The van der Waals surface area contributed by atoms with Crippen LogP contribution >= 0.6 is 0 Å². The first kappa shape index (κ1) is 18.8. The first-order chi connectivity index (χ1) is 11.8. The highest BCUT2D eigenvalue weighted by atomic mass is 16.4. The van der Waals surface area contributed by atoms with Gasteiger partial charge in [-0.3, -0.25) is 4.79 Å². The summed E-state index contributed by atoms with van der Waals surface area (Å²) in [5.74, 6) is -0.720. The minimum atomic E-state index is -0.872. The second-order valence-corrected chi connectivity index (χ2v) is 7.05. The zero-order chi connectivity index (χ0) is 18.4. The van der Waals surface area contributed by atoms with Crippen LogP contribution in [0.15, 0.2) is 18.3 Å². The molecule has 0 aliphatic carbocycles. The molecule has 0 saturated heterocycles. The van der Waals surface area contributed by atoms with E-state index in [-0.39, 0.29) is 0 Å². The number of tetrazole rings is 1. The Hall–Kier alpha value is -2.55. The molecule has 0 aliphatic heterocycles. The van der Waals surface area contributed by atoms with Gasteiger partial charge in [-0.25, -0.2) is 10.1 Å². The Bertz CT molecular complexity index is 665. The molecular weight excluding hydrogens is 322 g/mol. The number of pyridine rings is 1. The van der Waals surface area contributed by atoms with Gasteiger partial charge in [0.2, 0.25) is 0 Å². The molecule has 2 rings (SSSR count). The van der Waals surface area contributed by atoms with Crippen LogP contribution in [-0.2, 0) is 11.2 Å². The maximum absolute atomic E-state index is 11.9. The van der Waals surface area contributed by atoms with E-state index in [1.807, 2.05) is 32.9 Å². The maximum Gasteiger partial charge on any atom is 0.307 e. The molecule has 2 aromatic rings. The molecule has 0 saturated carbocycles. The first-order valence-corrected chi connectivity index (χ1v) is 8.18. The predicted octanol–water partition coefficient (Wildman–Crippen LogP) is 1.04. The summed E-state index contributed by atoms with van der Waals surface area (Å²) in [6.45, 7) is 6.88. The normalized spacial score (nSPS) is 14.1. The quantitative estimate of drug-likeness (QED) is 0.554. The number of anilines is 1. The molecule has 5 N–H and O–H groups in total. The van der Waals surface area contributed by atoms with Gasteiger partial charge in [0, 0.05) is 25.2 Å². The number of nitrogens with zero attached hydrogens (tertiary/aromatic N) is 4. The highest BCUT2D eigenvalue weighted by molar-refractivity contribution is 5.72. The Morgan fingerprint density at radius 1 is 1.40 bits per heavy atom. The van der Waals surface area contributed by atoms with Gasteiger partial charge < -0.3 is 16.2 Å². The van der Waals surface area contributed by atoms with Crippen LogP contribution in [0.5, 0.6) is 0 Å². The van der Waals surface area contributed by atoms with Crippen molar-refractivity contribution < 1.29 is 9.90 Å². The van der Waals surface area contributed by atoms with Crippen molar-refractivity contribution in [3.05, 3.63) is 29.7 Å². The fraction of sp³-hybridized carbons (Fsp3) is 0.562. The molecule has 9 nitrogen and oxygen atoms in total. The molecule has 0 bridgehead atoms. The van der Waals surface area contributed by atoms with E-state index in [2.05, 4.69) is 30.9 Å². The average molecular weight is 347 g/mol. The van der Waals surface area contributed by atoms with Crippen LogP contribution in [0.1, 0.15) is 38.1 Å². The number of aromatic nitrogens is 5. The number of hydrogen-bond acceptors (Lipinski definition) is 7. The average Bonchev–Trinajstić information content (AvgIpc) is 3.06. The highest BCUT2D eigenvalue weighted by Crippen LogP contribution is 2.38. The Morgan fingerprint density at radius 2 is 2.16 bits per heavy atom. The zero-order valence-corrected chi connectivity index (χ0v) is 14.7.